The van der Waals surface area contributed by atoms with Crippen LogP contribution in [-0.4, -0.2) is 22.6 Å². The first kappa shape index (κ1) is 16.0. The van der Waals surface area contributed by atoms with Gasteiger partial charge in [0, 0.05) is 6.08 Å². The maximum absolute atomic E-state index is 11.5. The summed E-state index contributed by atoms with van der Waals surface area (Å²) in [4.78, 5) is 22.4. The molecule has 0 bridgehead atoms. The average molecular weight is 276 g/mol. The van der Waals surface area contributed by atoms with Gasteiger partial charge in [-0.25, -0.2) is 4.79 Å². The molecule has 0 heterocycles. The lowest BCUT2D eigenvalue weighted by Crippen LogP contribution is -2.22. The number of hydrogen-bond acceptors (Lipinski definition) is 3. The molecule has 0 saturated heterocycles. The van der Waals surface area contributed by atoms with Crippen molar-refractivity contribution in [1.82, 2.24) is 0 Å². The summed E-state index contributed by atoms with van der Waals surface area (Å²) in [7, 11) is 0. The van der Waals surface area contributed by atoms with Crippen LogP contribution in [-0.2, 0) is 14.3 Å². The van der Waals surface area contributed by atoms with Crippen LogP contribution >= 0.6 is 0 Å². The summed E-state index contributed by atoms with van der Waals surface area (Å²) in [6.07, 6.45) is 3.00. The highest BCUT2D eigenvalue weighted by molar-refractivity contribution is 5.87. The summed E-state index contributed by atoms with van der Waals surface area (Å²) in [5.41, 5.74) is 1.03. The van der Waals surface area contributed by atoms with E-state index in [4.69, 9.17) is 9.84 Å². The van der Waals surface area contributed by atoms with E-state index in [0.29, 0.717) is 0 Å². The SMILES string of the molecule is C[C@H](C(=O)O)c1ccc(C=CC(=O)OC(C)(C)C)cc1. The molecule has 0 fully saturated rings. The van der Waals surface area contributed by atoms with Crippen molar-refractivity contribution in [3.05, 3.63) is 41.5 Å². The lowest BCUT2D eigenvalue weighted by Gasteiger charge is -2.17. The molecule has 1 atom stereocenters. The van der Waals surface area contributed by atoms with E-state index in [1.807, 2.05) is 0 Å². The molecular weight excluding hydrogens is 256 g/mol. The van der Waals surface area contributed by atoms with Gasteiger partial charge in [-0.3, -0.25) is 4.79 Å². The number of carbonyl (C=O) groups excluding carboxylic acids is 1. The summed E-state index contributed by atoms with van der Waals surface area (Å²) < 4.78 is 5.15. The molecule has 1 N–H and O–H groups in total. The molecule has 4 heteroatoms. The summed E-state index contributed by atoms with van der Waals surface area (Å²) in [5.74, 6) is -1.80. The summed E-state index contributed by atoms with van der Waals surface area (Å²) in [6, 6.07) is 7.03. The number of carbonyl (C=O) groups is 2. The molecule has 20 heavy (non-hydrogen) atoms. The predicted molar refractivity (Wildman–Crippen MR) is 77.4 cm³/mol. The van der Waals surface area contributed by atoms with E-state index in [2.05, 4.69) is 0 Å². The van der Waals surface area contributed by atoms with E-state index in [9.17, 15) is 9.59 Å². The third kappa shape index (κ3) is 5.26. The van der Waals surface area contributed by atoms with E-state index < -0.39 is 23.5 Å². The molecule has 0 radical (unpaired) electrons. The molecule has 0 saturated carbocycles. The maximum Gasteiger partial charge on any atom is 0.331 e. The molecule has 0 aliphatic carbocycles. The Morgan fingerprint density at radius 2 is 1.75 bits per heavy atom. The Morgan fingerprint density at radius 3 is 2.20 bits per heavy atom. The molecule has 0 amide bonds. The zero-order valence-electron chi connectivity index (χ0n) is 12.2. The van der Waals surface area contributed by atoms with Crippen molar-refractivity contribution in [1.29, 1.82) is 0 Å². The van der Waals surface area contributed by atoms with Crippen molar-refractivity contribution >= 4 is 18.0 Å². The van der Waals surface area contributed by atoms with Gasteiger partial charge in [0.1, 0.15) is 5.60 Å². The Balaban J connectivity index is 2.71. The van der Waals surface area contributed by atoms with Gasteiger partial charge in [0.15, 0.2) is 0 Å². The van der Waals surface area contributed by atoms with Crippen LogP contribution in [0.2, 0.25) is 0 Å². The van der Waals surface area contributed by atoms with Crippen molar-refractivity contribution < 1.29 is 19.4 Å². The van der Waals surface area contributed by atoms with Crippen LogP contribution in [0.25, 0.3) is 6.08 Å². The topological polar surface area (TPSA) is 63.6 Å². The molecule has 1 rings (SSSR count). The molecule has 1 aromatic rings. The fraction of sp³-hybridized carbons (Fsp3) is 0.375. The summed E-state index contributed by atoms with van der Waals surface area (Å²) >= 11 is 0. The monoisotopic (exact) mass is 276 g/mol. The first-order chi connectivity index (χ1) is 9.19. The number of aliphatic carboxylic acids is 1. The Labute approximate surface area is 119 Å². The second kappa shape index (κ2) is 6.37. The third-order valence-corrected chi connectivity index (χ3v) is 2.63. The van der Waals surface area contributed by atoms with Gasteiger partial charge in [0.05, 0.1) is 5.92 Å². The van der Waals surface area contributed by atoms with Crippen LogP contribution in [0.4, 0.5) is 0 Å². The second-order valence-corrected chi connectivity index (χ2v) is 5.59. The number of benzene rings is 1. The van der Waals surface area contributed by atoms with E-state index in [-0.39, 0.29) is 0 Å². The number of esters is 1. The molecular formula is C16H20O4. The predicted octanol–water partition coefficient (Wildman–Crippen LogP) is 3.23. The minimum Gasteiger partial charge on any atom is -0.481 e. The molecule has 0 aromatic heterocycles. The molecule has 0 unspecified atom stereocenters. The molecule has 4 nitrogen and oxygen atoms in total. The number of hydrogen-bond donors (Lipinski definition) is 1. The van der Waals surface area contributed by atoms with Crippen LogP contribution < -0.4 is 0 Å². The van der Waals surface area contributed by atoms with Crippen molar-refractivity contribution in [3.63, 3.8) is 0 Å². The molecule has 0 spiro atoms. The van der Waals surface area contributed by atoms with Crippen LogP contribution in [0.5, 0.6) is 0 Å². The van der Waals surface area contributed by atoms with Crippen molar-refractivity contribution in [2.24, 2.45) is 0 Å². The van der Waals surface area contributed by atoms with E-state index in [0.717, 1.165) is 11.1 Å². The summed E-state index contributed by atoms with van der Waals surface area (Å²) in [5, 5.41) is 8.91. The normalized spacial score (nSPS) is 13.2. The fourth-order valence-electron chi connectivity index (χ4n) is 1.54. The molecule has 108 valence electrons. The Kier molecular flexibility index (Phi) is 5.08. The van der Waals surface area contributed by atoms with Gasteiger partial charge in [0.2, 0.25) is 0 Å². The highest BCUT2D eigenvalue weighted by atomic mass is 16.6. The number of carboxylic acid groups (broad SMARTS) is 1. The number of carboxylic acids is 1. The van der Waals surface area contributed by atoms with Gasteiger partial charge in [-0.1, -0.05) is 24.3 Å². The van der Waals surface area contributed by atoms with Crippen LogP contribution in [0.3, 0.4) is 0 Å². The zero-order valence-corrected chi connectivity index (χ0v) is 12.2. The first-order valence-electron chi connectivity index (χ1n) is 6.43. The van der Waals surface area contributed by atoms with Crippen LogP contribution in [0.1, 0.15) is 44.7 Å². The fourth-order valence-corrected chi connectivity index (χ4v) is 1.54. The number of rotatable bonds is 4. The Bertz CT molecular complexity index is 506. The highest BCUT2D eigenvalue weighted by Gasteiger charge is 2.14. The standard InChI is InChI=1S/C16H20O4/c1-11(15(18)19)13-8-5-12(6-9-13)7-10-14(17)20-16(2,3)4/h5-11H,1-4H3,(H,18,19)/t11-/m0/s1. The van der Waals surface area contributed by atoms with E-state index in [1.165, 1.54) is 6.08 Å². The van der Waals surface area contributed by atoms with Gasteiger partial charge >= 0.3 is 11.9 Å². The smallest absolute Gasteiger partial charge is 0.331 e. The molecule has 0 aliphatic rings. The lowest BCUT2D eigenvalue weighted by atomic mass is 10.00. The van der Waals surface area contributed by atoms with Crippen LogP contribution in [0.15, 0.2) is 30.3 Å². The number of ether oxygens (including phenoxy) is 1. The van der Waals surface area contributed by atoms with Gasteiger partial charge in [-0.2, -0.15) is 0 Å². The Morgan fingerprint density at radius 1 is 1.20 bits per heavy atom. The quantitative estimate of drug-likeness (QED) is 0.677. The first-order valence-corrected chi connectivity index (χ1v) is 6.43. The van der Waals surface area contributed by atoms with Gasteiger partial charge < -0.3 is 9.84 Å². The molecule has 0 aliphatic heterocycles. The zero-order chi connectivity index (χ0) is 15.3. The average Bonchev–Trinajstić information content (AvgIpc) is 2.34. The van der Waals surface area contributed by atoms with Gasteiger partial charge in [0.25, 0.3) is 0 Å². The molecule has 1 aromatic carbocycles. The van der Waals surface area contributed by atoms with Crippen molar-refractivity contribution in [3.8, 4) is 0 Å². The highest BCUT2D eigenvalue weighted by Crippen LogP contribution is 2.16. The van der Waals surface area contributed by atoms with Gasteiger partial charge in [-0.05, 0) is 44.9 Å². The van der Waals surface area contributed by atoms with E-state index in [1.54, 1.807) is 58.0 Å². The second-order valence-electron chi connectivity index (χ2n) is 5.59. The van der Waals surface area contributed by atoms with Crippen LogP contribution in [0, 0.1) is 0 Å². The third-order valence-electron chi connectivity index (χ3n) is 2.63. The van der Waals surface area contributed by atoms with E-state index >= 15 is 0 Å². The van der Waals surface area contributed by atoms with Crippen molar-refractivity contribution in [2.45, 2.75) is 39.2 Å². The van der Waals surface area contributed by atoms with Crippen molar-refractivity contribution in [2.75, 3.05) is 0 Å². The summed E-state index contributed by atoms with van der Waals surface area (Å²) in [6.45, 7) is 7.05. The Hall–Kier alpha value is -2.10. The largest absolute Gasteiger partial charge is 0.481 e. The lowest BCUT2D eigenvalue weighted by molar-refractivity contribution is -0.148. The van der Waals surface area contributed by atoms with Gasteiger partial charge in [-0.15, -0.1) is 0 Å². The minimum absolute atomic E-state index is 0.402. The maximum atomic E-state index is 11.5. The minimum atomic E-state index is -0.859.